The van der Waals surface area contributed by atoms with Crippen molar-refractivity contribution in [1.82, 2.24) is 9.21 Å². The van der Waals surface area contributed by atoms with Gasteiger partial charge < -0.3 is 10.0 Å². The average molecular weight is 312 g/mol. The summed E-state index contributed by atoms with van der Waals surface area (Å²) in [7, 11) is -1.50. The van der Waals surface area contributed by atoms with Crippen molar-refractivity contribution in [1.29, 1.82) is 0 Å². The molecule has 5 nitrogen and oxygen atoms in total. The summed E-state index contributed by atoms with van der Waals surface area (Å²) in [6.45, 7) is 5.75. The van der Waals surface area contributed by atoms with Crippen LogP contribution in [-0.2, 0) is 10.0 Å². The summed E-state index contributed by atoms with van der Waals surface area (Å²) in [4.78, 5) is 2.42. The predicted molar refractivity (Wildman–Crippen MR) is 82.5 cm³/mol. The second kappa shape index (κ2) is 6.44. The fourth-order valence-corrected chi connectivity index (χ4v) is 4.49. The minimum atomic E-state index is -3.52. The van der Waals surface area contributed by atoms with E-state index < -0.39 is 16.1 Å². The molecule has 1 heterocycles. The zero-order valence-corrected chi connectivity index (χ0v) is 13.7. The molecule has 0 aliphatic carbocycles. The number of benzene rings is 1. The highest BCUT2D eigenvalue weighted by Gasteiger charge is 2.31. The van der Waals surface area contributed by atoms with Gasteiger partial charge in [0.1, 0.15) is 0 Å². The van der Waals surface area contributed by atoms with Crippen LogP contribution >= 0.6 is 0 Å². The molecular formula is C15H24N2O3S. The van der Waals surface area contributed by atoms with Gasteiger partial charge >= 0.3 is 0 Å². The van der Waals surface area contributed by atoms with Gasteiger partial charge in [-0.3, -0.25) is 0 Å². The van der Waals surface area contributed by atoms with E-state index in [4.69, 9.17) is 0 Å². The predicted octanol–water partition coefficient (Wildman–Crippen LogP) is 1.45. The number of aliphatic hydroxyl groups excluding tert-OH is 1. The molecule has 0 spiro atoms. The molecule has 0 amide bonds. The van der Waals surface area contributed by atoms with E-state index in [1.54, 1.807) is 35.5 Å². The molecule has 0 saturated carbocycles. The fourth-order valence-electron chi connectivity index (χ4n) is 2.78. The Kier molecular flexibility index (Phi) is 5.03. The van der Waals surface area contributed by atoms with E-state index in [2.05, 4.69) is 4.90 Å². The van der Waals surface area contributed by atoms with E-state index in [9.17, 15) is 13.5 Å². The molecule has 2 atom stereocenters. The monoisotopic (exact) mass is 312 g/mol. The Balaban J connectivity index is 2.34. The third-order valence-electron chi connectivity index (χ3n) is 3.93. The molecule has 0 aromatic heterocycles. The quantitative estimate of drug-likeness (QED) is 0.918. The molecule has 1 aliphatic rings. The van der Waals surface area contributed by atoms with Gasteiger partial charge in [0.05, 0.1) is 11.0 Å². The molecule has 2 unspecified atom stereocenters. The number of hydrogen-bond acceptors (Lipinski definition) is 4. The van der Waals surface area contributed by atoms with Crippen LogP contribution in [-0.4, -0.2) is 55.5 Å². The van der Waals surface area contributed by atoms with Gasteiger partial charge in [0.25, 0.3) is 0 Å². The van der Waals surface area contributed by atoms with Gasteiger partial charge in [0.15, 0.2) is 0 Å². The lowest BCUT2D eigenvalue weighted by atomic mass is 10.1. The Hall–Kier alpha value is -0.950. The largest absolute Gasteiger partial charge is 0.389 e. The number of hydrogen-bond donors (Lipinski definition) is 1. The van der Waals surface area contributed by atoms with E-state index in [1.165, 1.54) is 0 Å². The highest BCUT2D eigenvalue weighted by molar-refractivity contribution is 7.89. The Morgan fingerprint density at radius 1 is 1.33 bits per heavy atom. The number of sulfonamides is 1. The first-order chi connectivity index (χ1) is 9.82. The fraction of sp³-hybridized carbons (Fsp3) is 0.600. The topological polar surface area (TPSA) is 60.9 Å². The smallest absolute Gasteiger partial charge is 0.243 e. The van der Waals surface area contributed by atoms with Gasteiger partial charge in [-0.25, -0.2) is 8.42 Å². The van der Waals surface area contributed by atoms with Crippen LogP contribution in [0.25, 0.3) is 0 Å². The van der Waals surface area contributed by atoms with Crippen LogP contribution in [0.3, 0.4) is 0 Å². The van der Waals surface area contributed by atoms with Crippen molar-refractivity contribution >= 4 is 10.0 Å². The van der Waals surface area contributed by atoms with Crippen molar-refractivity contribution in [3.63, 3.8) is 0 Å². The summed E-state index contributed by atoms with van der Waals surface area (Å²) >= 11 is 0. The molecule has 118 valence electrons. The SMILES string of the molecule is CC(O)c1cccc(S(=O)(=O)N2CCCN(C)CC2C)c1. The van der Waals surface area contributed by atoms with Crippen LogP contribution in [0.2, 0.25) is 0 Å². The standard InChI is InChI=1S/C15H24N2O3S/c1-12-11-16(3)8-5-9-17(12)21(19,20)15-7-4-6-14(10-15)13(2)18/h4,6-7,10,12-13,18H,5,8-9,11H2,1-3H3. The van der Waals surface area contributed by atoms with E-state index in [-0.39, 0.29) is 10.9 Å². The van der Waals surface area contributed by atoms with Gasteiger partial charge in [-0.05, 0) is 51.6 Å². The van der Waals surface area contributed by atoms with Crippen LogP contribution in [0.15, 0.2) is 29.2 Å². The second-order valence-electron chi connectivity index (χ2n) is 5.83. The maximum absolute atomic E-state index is 12.9. The molecule has 1 N–H and O–H groups in total. The first-order valence-electron chi connectivity index (χ1n) is 7.31. The van der Waals surface area contributed by atoms with Crippen molar-refractivity contribution in [2.24, 2.45) is 0 Å². The van der Waals surface area contributed by atoms with E-state index in [1.807, 2.05) is 14.0 Å². The number of likely N-dealkylation sites (N-methyl/N-ethyl adjacent to an activating group) is 1. The first-order valence-corrected chi connectivity index (χ1v) is 8.75. The Morgan fingerprint density at radius 3 is 2.71 bits per heavy atom. The van der Waals surface area contributed by atoms with E-state index >= 15 is 0 Å². The lowest BCUT2D eigenvalue weighted by Gasteiger charge is -2.27. The zero-order chi connectivity index (χ0) is 15.6. The van der Waals surface area contributed by atoms with E-state index in [0.29, 0.717) is 12.1 Å². The molecule has 1 fully saturated rings. The van der Waals surface area contributed by atoms with Gasteiger partial charge in [-0.1, -0.05) is 12.1 Å². The summed E-state index contributed by atoms with van der Waals surface area (Å²) < 4.78 is 27.3. The molecule has 1 aromatic rings. The first kappa shape index (κ1) is 16.4. The van der Waals surface area contributed by atoms with Crippen molar-refractivity contribution in [2.45, 2.75) is 37.3 Å². The molecule has 6 heteroatoms. The minimum absolute atomic E-state index is 0.0577. The van der Waals surface area contributed by atoms with Gasteiger partial charge in [-0.2, -0.15) is 4.31 Å². The normalized spacial score (nSPS) is 23.7. The third kappa shape index (κ3) is 3.63. The van der Waals surface area contributed by atoms with Gasteiger partial charge in [0, 0.05) is 19.1 Å². The Labute approximate surface area is 127 Å². The molecule has 0 bridgehead atoms. The molecule has 1 saturated heterocycles. The molecule has 2 rings (SSSR count). The van der Waals surface area contributed by atoms with Crippen LogP contribution in [0.4, 0.5) is 0 Å². The maximum atomic E-state index is 12.9. The van der Waals surface area contributed by atoms with Crippen molar-refractivity contribution in [2.75, 3.05) is 26.7 Å². The summed E-state index contributed by atoms with van der Waals surface area (Å²) in [5.41, 5.74) is 0.621. The Morgan fingerprint density at radius 2 is 2.05 bits per heavy atom. The maximum Gasteiger partial charge on any atom is 0.243 e. The number of aliphatic hydroxyl groups is 1. The van der Waals surface area contributed by atoms with Crippen LogP contribution < -0.4 is 0 Å². The summed E-state index contributed by atoms with van der Waals surface area (Å²) in [6, 6.07) is 6.54. The minimum Gasteiger partial charge on any atom is -0.389 e. The highest BCUT2D eigenvalue weighted by Crippen LogP contribution is 2.23. The van der Waals surface area contributed by atoms with Crippen molar-refractivity contribution < 1.29 is 13.5 Å². The molecule has 21 heavy (non-hydrogen) atoms. The molecule has 0 radical (unpaired) electrons. The number of rotatable bonds is 3. The van der Waals surface area contributed by atoms with Gasteiger partial charge in [0.2, 0.25) is 10.0 Å². The van der Waals surface area contributed by atoms with Crippen LogP contribution in [0, 0.1) is 0 Å². The molecule has 1 aromatic carbocycles. The van der Waals surface area contributed by atoms with Crippen molar-refractivity contribution in [3.05, 3.63) is 29.8 Å². The number of nitrogens with zero attached hydrogens (tertiary/aromatic N) is 2. The highest BCUT2D eigenvalue weighted by atomic mass is 32.2. The third-order valence-corrected chi connectivity index (χ3v) is 5.94. The van der Waals surface area contributed by atoms with Gasteiger partial charge in [-0.15, -0.1) is 0 Å². The summed E-state index contributed by atoms with van der Waals surface area (Å²) in [6.07, 6.45) is 0.156. The molecular weight excluding hydrogens is 288 g/mol. The summed E-state index contributed by atoms with van der Waals surface area (Å²) in [5.74, 6) is 0. The lowest BCUT2D eigenvalue weighted by molar-refractivity contribution is 0.199. The van der Waals surface area contributed by atoms with Crippen LogP contribution in [0.5, 0.6) is 0 Å². The zero-order valence-electron chi connectivity index (χ0n) is 12.9. The molecule has 1 aliphatic heterocycles. The van der Waals surface area contributed by atoms with E-state index in [0.717, 1.165) is 19.5 Å². The second-order valence-corrected chi connectivity index (χ2v) is 7.72. The average Bonchev–Trinajstić information content (AvgIpc) is 2.59. The van der Waals surface area contributed by atoms with Crippen LogP contribution in [0.1, 0.15) is 31.9 Å². The van der Waals surface area contributed by atoms with Crippen molar-refractivity contribution in [3.8, 4) is 0 Å². The lowest BCUT2D eigenvalue weighted by Crippen LogP contribution is -2.41. The summed E-state index contributed by atoms with van der Waals surface area (Å²) in [5, 5.41) is 9.64. The Bertz CT molecular complexity index is 586.